The molecule has 0 radical (unpaired) electrons. The largest absolute Gasteiger partial charge is 0.352 e. The Morgan fingerprint density at radius 1 is 1.11 bits per heavy atom. The number of H-pyrrole nitrogens is 1. The molecule has 140 valence electrons. The summed E-state index contributed by atoms with van der Waals surface area (Å²) in [7, 11) is 2.10. The Balaban J connectivity index is 1.79. The first kappa shape index (κ1) is 17.6. The lowest BCUT2D eigenvalue weighted by Gasteiger charge is -2.39. The van der Waals surface area contributed by atoms with Gasteiger partial charge in [-0.2, -0.15) is 5.10 Å². The quantitative estimate of drug-likeness (QED) is 0.741. The number of likely N-dealkylation sites (N-methyl/N-ethyl adjacent to an activating group) is 1. The maximum absolute atomic E-state index is 13.4. The van der Waals surface area contributed by atoms with Gasteiger partial charge in [-0.3, -0.25) is 15.0 Å². The van der Waals surface area contributed by atoms with E-state index in [0.29, 0.717) is 6.54 Å². The van der Waals surface area contributed by atoms with Gasteiger partial charge in [-0.15, -0.1) is 0 Å². The van der Waals surface area contributed by atoms with Crippen LogP contribution < -0.4 is 10.6 Å². The topological polar surface area (TPSA) is 74.1 Å². The predicted octanol–water partition coefficient (Wildman–Crippen LogP) is 2.36. The highest BCUT2D eigenvalue weighted by atomic mass is 19.1. The average molecular weight is 366 g/mol. The van der Waals surface area contributed by atoms with Crippen LogP contribution >= 0.6 is 0 Å². The van der Waals surface area contributed by atoms with Crippen LogP contribution in [0.1, 0.15) is 0 Å². The summed E-state index contributed by atoms with van der Waals surface area (Å²) in [5, 5.41) is 7.81. The van der Waals surface area contributed by atoms with Crippen LogP contribution in [-0.2, 0) is 0 Å². The molecule has 0 aliphatic carbocycles. The Labute approximate surface area is 157 Å². The van der Waals surface area contributed by atoms with E-state index in [2.05, 4.69) is 32.0 Å². The highest BCUT2D eigenvalue weighted by molar-refractivity contribution is 5.89. The molecule has 1 unspecified atom stereocenters. The summed E-state index contributed by atoms with van der Waals surface area (Å²) in [6, 6.07) is 10.7. The summed E-state index contributed by atoms with van der Waals surface area (Å²) < 4.78 is 13.4. The molecule has 1 aromatic carbocycles. The van der Waals surface area contributed by atoms with Crippen molar-refractivity contribution in [1.82, 2.24) is 20.1 Å². The Bertz CT molecular complexity index is 893. The van der Waals surface area contributed by atoms with Crippen molar-refractivity contribution >= 4 is 5.82 Å². The molecule has 3 N–H and O–H groups in total. The van der Waals surface area contributed by atoms with Crippen LogP contribution in [0.3, 0.4) is 0 Å². The first-order valence-corrected chi connectivity index (χ1v) is 9.07. The molecule has 3 heterocycles. The standard InChI is InChI=1S/C20H23FN6/c1-26-10-11-27(13-17(26)12-22)20-18(14-6-8-23-9-7-14)19(24-25-20)15-2-4-16(21)5-3-15/h2-9,17H,10-13,22H2,1H3,(H,24,25). The third kappa shape index (κ3) is 3.43. The van der Waals surface area contributed by atoms with Gasteiger partial charge in [0.1, 0.15) is 5.82 Å². The molecule has 3 aromatic rings. The van der Waals surface area contributed by atoms with Crippen molar-refractivity contribution < 1.29 is 4.39 Å². The highest BCUT2D eigenvalue weighted by Gasteiger charge is 2.28. The predicted molar refractivity (Wildman–Crippen MR) is 105 cm³/mol. The molecule has 0 bridgehead atoms. The van der Waals surface area contributed by atoms with Gasteiger partial charge in [-0.25, -0.2) is 4.39 Å². The van der Waals surface area contributed by atoms with E-state index in [4.69, 9.17) is 5.73 Å². The number of aromatic nitrogens is 3. The van der Waals surface area contributed by atoms with Gasteiger partial charge in [0.25, 0.3) is 0 Å². The van der Waals surface area contributed by atoms with Gasteiger partial charge >= 0.3 is 0 Å². The van der Waals surface area contributed by atoms with E-state index >= 15 is 0 Å². The van der Waals surface area contributed by atoms with Crippen LogP contribution in [0, 0.1) is 5.82 Å². The van der Waals surface area contributed by atoms with Crippen molar-refractivity contribution in [2.24, 2.45) is 5.73 Å². The molecule has 0 saturated carbocycles. The van der Waals surface area contributed by atoms with E-state index in [-0.39, 0.29) is 11.9 Å². The van der Waals surface area contributed by atoms with E-state index in [0.717, 1.165) is 47.8 Å². The molecule has 6 nitrogen and oxygen atoms in total. The first-order chi connectivity index (χ1) is 13.2. The molecular formula is C20H23FN6. The fourth-order valence-corrected chi connectivity index (χ4v) is 3.57. The second-order valence-electron chi connectivity index (χ2n) is 6.86. The zero-order valence-corrected chi connectivity index (χ0v) is 15.3. The van der Waals surface area contributed by atoms with E-state index in [9.17, 15) is 4.39 Å². The summed E-state index contributed by atoms with van der Waals surface area (Å²) in [4.78, 5) is 8.69. The third-order valence-electron chi connectivity index (χ3n) is 5.20. The third-order valence-corrected chi connectivity index (χ3v) is 5.20. The van der Waals surface area contributed by atoms with Crippen molar-refractivity contribution in [1.29, 1.82) is 0 Å². The minimum absolute atomic E-state index is 0.256. The van der Waals surface area contributed by atoms with Crippen molar-refractivity contribution in [2.75, 3.05) is 38.1 Å². The molecule has 4 rings (SSSR count). The number of hydrogen-bond donors (Lipinski definition) is 2. The van der Waals surface area contributed by atoms with Crippen molar-refractivity contribution in [3.8, 4) is 22.4 Å². The first-order valence-electron chi connectivity index (χ1n) is 9.07. The van der Waals surface area contributed by atoms with Crippen LogP contribution in [0.15, 0.2) is 48.8 Å². The summed E-state index contributed by atoms with van der Waals surface area (Å²) in [6.45, 7) is 3.22. The summed E-state index contributed by atoms with van der Waals surface area (Å²) in [6.07, 6.45) is 3.54. The number of aromatic amines is 1. The molecule has 0 amide bonds. The Morgan fingerprint density at radius 2 is 1.85 bits per heavy atom. The van der Waals surface area contributed by atoms with Crippen LogP contribution in [0.25, 0.3) is 22.4 Å². The number of benzene rings is 1. The minimum atomic E-state index is -0.256. The molecule has 2 aromatic heterocycles. The molecule has 27 heavy (non-hydrogen) atoms. The number of piperazine rings is 1. The lowest BCUT2D eigenvalue weighted by Crippen LogP contribution is -2.54. The summed E-state index contributed by atoms with van der Waals surface area (Å²) in [5.41, 5.74) is 9.75. The molecule has 1 saturated heterocycles. The van der Waals surface area contributed by atoms with Gasteiger partial charge in [0.2, 0.25) is 0 Å². The van der Waals surface area contributed by atoms with Gasteiger partial charge < -0.3 is 10.6 Å². The smallest absolute Gasteiger partial charge is 0.159 e. The number of halogens is 1. The molecule has 1 aliphatic heterocycles. The van der Waals surface area contributed by atoms with Gasteiger partial charge in [-0.1, -0.05) is 0 Å². The van der Waals surface area contributed by atoms with Crippen molar-refractivity contribution in [3.63, 3.8) is 0 Å². The van der Waals surface area contributed by atoms with Crippen LogP contribution in [0.5, 0.6) is 0 Å². The van der Waals surface area contributed by atoms with E-state index in [1.165, 1.54) is 12.1 Å². The highest BCUT2D eigenvalue weighted by Crippen LogP contribution is 2.38. The number of nitrogens with two attached hydrogens (primary N) is 1. The minimum Gasteiger partial charge on any atom is -0.352 e. The molecular weight excluding hydrogens is 343 g/mol. The number of nitrogens with one attached hydrogen (secondary N) is 1. The Hall–Kier alpha value is -2.77. The van der Waals surface area contributed by atoms with Crippen molar-refractivity contribution in [3.05, 3.63) is 54.6 Å². The maximum atomic E-state index is 13.4. The number of pyridine rings is 1. The van der Waals surface area contributed by atoms with Gasteiger partial charge in [0.15, 0.2) is 5.82 Å². The maximum Gasteiger partial charge on any atom is 0.159 e. The number of rotatable bonds is 4. The zero-order chi connectivity index (χ0) is 18.8. The molecule has 7 heteroatoms. The second kappa shape index (κ2) is 7.46. The van der Waals surface area contributed by atoms with E-state index in [1.54, 1.807) is 24.5 Å². The number of nitrogens with zero attached hydrogens (tertiary/aromatic N) is 4. The lowest BCUT2D eigenvalue weighted by atomic mass is 10.0. The number of anilines is 1. The molecule has 1 fully saturated rings. The van der Waals surface area contributed by atoms with Crippen LogP contribution in [0.4, 0.5) is 10.2 Å². The zero-order valence-electron chi connectivity index (χ0n) is 15.3. The number of hydrogen-bond acceptors (Lipinski definition) is 5. The SMILES string of the molecule is CN1CCN(c2n[nH]c(-c3ccc(F)cc3)c2-c2ccncc2)CC1CN. The van der Waals surface area contributed by atoms with E-state index < -0.39 is 0 Å². The van der Waals surface area contributed by atoms with Crippen molar-refractivity contribution in [2.45, 2.75) is 6.04 Å². The molecule has 1 atom stereocenters. The molecule has 1 aliphatic rings. The fourth-order valence-electron chi connectivity index (χ4n) is 3.57. The van der Waals surface area contributed by atoms with Gasteiger partial charge in [-0.05, 0) is 49.0 Å². The lowest BCUT2D eigenvalue weighted by molar-refractivity contribution is 0.223. The second-order valence-corrected chi connectivity index (χ2v) is 6.86. The van der Waals surface area contributed by atoms with Gasteiger partial charge in [0, 0.05) is 50.2 Å². The Morgan fingerprint density at radius 3 is 2.56 bits per heavy atom. The molecule has 0 spiro atoms. The monoisotopic (exact) mass is 366 g/mol. The fraction of sp³-hybridized carbons (Fsp3) is 0.300. The van der Waals surface area contributed by atoms with E-state index in [1.807, 2.05) is 12.1 Å². The average Bonchev–Trinajstić information content (AvgIpc) is 3.14. The normalized spacial score (nSPS) is 18.0. The van der Waals surface area contributed by atoms with Gasteiger partial charge in [0.05, 0.1) is 11.3 Å². The van der Waals surface area contributed by atoms with Crippen LogP contribution in [0.2, 0.25) is 0 Å². The summed E-state index contributed by atoms with van der Waals surface area (Å²) >= 11 is 0. The summed E-state index contributed by atoms with van der Waals surface area (Å²) in [5.74, 6) is 0.640. The Kier molecular flexibility index (Phi) is 4.87. The van der Waals surface area contributed by atoms with Crippen LogP contribution in [-0.4, -0.2) is 59.3 Å².